The summed E-state index contributed by atoms with van der Waals surface area (Å²) in [7, 11) is 0. The van der Waals surface area contributed by atoms with E-state index in [1.54, 1.807) is 0 Å². The third kappa shape index (κ3) is 2.97. The number of rotatable bonds is 2. The lowest BCUT2D eigenvalue weighted by Crippen LogP contribution is -2.38. The van der Waals surface area contributed by atoms with E-state index in [2.05, 4.69) is 29.4 Å². The number of nitrogens with one attached hydrogen (secondary N) is 1. The number of amides is 1. The minimum Gasteiger partial charge on any atom is -0.486 e. The summed E-state index contributed by atoms with van der Waals surface area (Å²) in [6.07, 6.45) is 4.38. The molecule has 1 N–H and O–H groups in total. The number of ketones is 1. The van der Waals surface area contributed by atoms with E-state index in [0.717, 1.165) is 31.5 Å². The molecule has 142 valence electrons. The average molecular weight is 374 g/mol. The summed E-state index contributed by atoms with van der Waals surface area (Å²) in [6.45, 7) is 1.62. The minimum atomic E-state index is 0.0400. The second-order valence-corrected chi connectivity index (χ2v) is 7.68. The zero-order valence-electron chi connectivity index (χ0n) is 15.6. The number of fused-ring (bicyclic) bond motifs is 2. The molecule has 1 amide bonds. The first-order valence-corrected chi connectivity index (χ1v) is 9.82. The lowest BCUT2D eigenvalue weighted by Gasteiger charge is -2.32. The van der Waals surface area contributed by atoms with Crippen LogP contribution in [0.5, 0.6) is 5.75 Å². The number of para-hydroxylation sites is 1. The van der Waals surface area contributed by atoms with Gasteiger partial charge in [0.15, 0.2) is 5.78 Å². The second kappa shape index (κ2) is 6.82. The van der Waals surface area contributed by atoms with Gasteiger partial charge in [-0.15, -0.1) is 0 Å². The van der Waals surface area contributed by atoms with Gasteiger partial charge in [-0.3, -0.25) is 9.59 Å². The molecule has 1 saturated heterocycles. The molecule has 0 aliphatic carbocycles. The van der Waals surface area contributed by atoms with Gasteiger partial charge in [-0.1, -0.05) is 18.2 Å². The van der Waals surface area contributed by atoms with Crippen molar-refractivity contribution in [3.8, 4) is 5.75 Å². The van der Waals surface area contributed by atoms with Gasteiger partial charge in [0, 0.05) is 47.7 Å². The van der Waals surface area contributed by atoms with E-state index in [-0.39, 0.29) is 18.3 Å². The highest BCUT2D eigenvalue weighted by Crippen LogP contribution is 2.34. The number of ether oxygens (including phenoxy) is 1. The van der Waals surface area contributed by atoms with Gasteiger partial charge in [0.1, 0.15) is 12.4 Å². The molecule has 3 aromatic rings. The predicted molar refractivity (Wildman–Crippen MR) is 107 cm³/mol. The van der Waals surface area contributed by atoms with Crippen molar-refractivity contribution >= 4 is 22.6 Å². The molecule has 0 spiro atoms. The summed E-state index contributed by atoms with van der Waals surface area (Å²) in [5.74, 6) is 1.28. The van der Waals surface area contributed by atoms with Crippen LogP contribution >= 0.6 is 0 Å². The van der Waals surface area contributed by atoms with Crippen LogP contribution in [0.2, 0.25) is 0 Å². The highest BCUT2D eigenvalue weighted by molar-refractivity contribution is 5.95. The first kappa shape index (κ1) is 17.0. The van der Waals surface area contributed by atoms with Gasteiger partial charge in [-0.2, -0.15) is 0 Å². The van der Waals surface area contributed by atoms with Crippen LogP contribution in [0.1, 0.15) is 40.2 Å². The van der Waals surface area contributed by atoms with Crippen molar-refractivity contribution in [3.05, 3.63) is 65.4 Å². The summed E-state index contributed by atoms with van der Waals surface area (Å²) in [4.78, 5) is 29.9. The number of hydrogen-bond donors (Lipinski definition) is 1. The predicted octanol–water partition coefficient (Wildman–Crippen LogP) is 3.69. The van der Waals surface area contributed by atoms with Crippen LogP contribution in [0, 0.1) is 0 Å². The van der Waals surface area contributed by atoms with Crippen LogP contribution in [0.15, 0.2) is 48.7 Å². The quantitative estimate of drug-likeness (QED) is 0.744. The molecular formula is C23H22N2O3. The largest absolute Gasteiger partial charge is 0.486 e. The van der Waals surface area contributed by atoms with E-state index in [9.17, 15) is 9.59 Å². The van der Waals surface area contributed by atoms with Crippen molar-refractivity contribution in [2.75, 3.05) is 19.7 Å². The van der Waals surface area contributed by atoms with Crippen molar-refractivity contribution in [1.29, 1.82) is 0 Å². The Labute approximate surface area is 163 Å². The molecule has 5 heteroatoms. The van der Waals surface area contributed by atoms with Crippen molar-refractivity contribution in [1.82, 2.24) is 9.88 Å². The Kier molecular flexibility index (Phi) is 4.15. The number of carbonyl (C=O) groups excluding carboxylic acids is 2. The third-order valence-corrected chi connectivity index (χ3v) is 5.93. The van der Waals surface area contributed by atoms with Gasteiger partial charge in [0.2, 0.25) is 0 Å². The summed E-state index contributed by atoms with van der Waals surface area (Å²) < 4.78 is 5.43. The van der Waals surface area contributed by atoms with Crippen LogP contribution in [-0.4, -0.2) is 41.3 Å². The van der Waals surface area contributed by atoms with E-state index < -0.39 is 0 Å². The lowest BCUT2D eigenvalue weighted by atomic mass is 9.89. The third-order valence-electron chi connectivity index (χ3n) is 5.93. The van der Waals surface area contributed by atoms with Crippen molar-refractivity contribution in [2.24, 2.45) is 0 Å². The number of aromatic amines is 1. The molecule has 0 saturated carbocycles. The molecule has 5 rings (SSSR count). The molecule has 28 heavy (non-hydrogen) atoms. The Morgan fingerprint density at radius 1 is 1.11 bits per heavy atom. The number of hydrogen-bond acceptors (Lipinski definition) is 3. The standard InChI is InChI=1S/C23H22N2O3/c26-18-12-17-11-16(5-6-22(17)28-14-18)23(27)25-9-7-15(8-10-25)20-13-24-21-4-2-1-3-19(20)21/h1-6,11,13,15,24H,7-10,12,14H2. The highest BCUT2D eigenvalue weighted by atomic mass is 16.5. The summed E-state index contributed by atoms with van der Waals surface area (Å²) in [6, 6.07) is 13.8. The number of nitrogens with zero attached hydrogens (tertiary/aromatic N) is 1. The number of carbonyl (C=O) groups is 2. The van der Waals surface area contributed by atoms with Crippen molar-refractivity contribution in [3.63, 3.8) is 0 Å². The molecule has 0 unspecified atom stereocenters. The number of H-pyrrole nitrogens is 1. The van der Waals surface area contributed by atoms with Crippen LogP contribution in [0.25, 0.3) is 10.9 Å². The van der Waals surface area contributed by atoms with E-state index in [1.807, 2.05) is 29.2 Å². The van der Waals surface area contributed by atoms with Gasteiger partial charge in [-0.05, 0) is 48.6 Å². The molecule has 2 aliphatic rings. The molecule has 5 nitrogen and oxygen atoms in total. The Bertz CT molecular complexity index is 1060. The molecule has 2 aliphatic heterocycles. The number of piperidine rings is 1. The normalized spacial score (nSPS) is 17.4. The van der Waals surface area contributed by atoms with Crippen LogP contribution in [-0.2, 0) is 11.2 Å². The maximum atomic E-state index is 13.0. The second-order valence-electron chi connectivity index (χ2n) is 7.68. The monoisotopic (exact) mass is 374 g/mol. The number of aromatic nitrogens is 1. The fourth-order valence-electron chi connectivity index (χ4n) is 4.42. The fourth-order valence-corrected chi connectivity index (χ4v) is 4.42. The van der Waals surface area contributed by atoms with E-state index in [1.165, 1.54) is 16.5 Å². The van der Waals surface area contributed by atoms with Gasteiger partial charge >= 0.3 is 0 Å². The summed E-state index contributed by atoms with van der Waals surface area (Å²) in [5.41, 5.74) is 3.98. The van der Waals surface area contributed by atoms with Crippen molar-refractivity contribution in [2.45, 2.75) is 25.2 Å². The zero-order valence-corrected chi connectivity index (χ0v) is 15.6. The number of likely N-dealkylation sites (tertiary alicyclic amines) is 1. The topological polar surface area (TPSA) is 62.4 Å². The fraction of sp³-hybridized carbons (Fsp3) is 0.304. The van der Waals surface area contributed by atoms with E-state index in [4.69, 9.17) is 4.74 Å². The van der Waals surface area contributed by atoms with Crippen LogP contribution < -0.4 is 4.74 Å². The Hall–Kier alpha value is -3.08. The van der Waals surface area contributed by atoms with Gasteiger partial charge in [0.25, 0.3) is 5.91 Å². The molecule has 1 fully saturated rings. The molecule has 2 aromatic carbocycles. The zero-order chi connectivity index (χ0) is 19.1. The average Bonchev–Trinajstić information content (AvgIpc) is 3.17. The van der Waals surface area contributed by atoms with Gasteiger partial charge < -0.3 is 14.6 Å². The first-order valence-electron chi connectivity index (χ1n) is 9.82. The maximum absolute atomic E-state index is 13.0. The Balaban J connectivity index is 1.30. The molecule has 0 radical (unpaired) electrons. The molecule has 1 aromatic heterocycles. The summed E-state index contributed by atoms with van der Waals surface area (Å²) in [5, 5.41) is 1.28. The number of benzene rings is 2. The number of Topliss-reactive ketones (excluding diaryl/α,β-unsaturated/α-hetero) is 1. The Morgan fingerprint density at radius 3 is 2.79 bits per heavy atom. The maximum Gasteiger partial charge on any atom is 0.253 e. The molecule has 3 heterocycles. The Morgan fingerprint density at radius 2 is 1.93 bits per heavy atom. The molecule has 0 bridgehead atoms. The minimum absolute atomic E-state index is 0.0400. The SMILES string of the molecule is O=C1COc2ccc(C(=O)N3CCC(c4c[nH]c5ccccc45)CC3)cc2C1. The molecule has 0 atom stereocenters. The van der Waals surface area contributed by atoms with E-state index >= 15 is 0 Å². The summed E-state index contributed by atoms with van der Waals surface area (Å²) >= 11 is 0. The van der Waals surface area contributed by atoms with Crippen molar-refractivity contribution < 1.29 is 14.3 Å². The van der Waals surface area contributed by atoms with Gasteiger partial charge in [0.05, 0.1) is 0 Å². The van der Waals surface area contributed by atoms with Crippen LogP contribution in [0.3, 0.4) is 0 Å². The van der Waals surface area contributed by atoms with Gasteiger partial charge in [-0.25, -0.2) is 0 Å². The van der Waals surface area contributed by atoms with Crippen LogP contribution in [0.4, 0.5) is 0 Å². The smallest absolute Gasteiger partial charge is 0.253 e. The highest BCUT2D eigenvalue weighted by Gasteiger charge is 2.27. The first-order chi connectivity index (χ1) is 13.7. The lowest BCUT2D eigenvalue weighted by molar-refractivity contribution is -0.121. The molecular weight excluding hydrogens is 352 g/mol. The van der Waals surface area contributed by atoms with E-state index in [0.29, 0.717) is 23.7 Å².